The topological polar surface area (TPSA) is 53.0 Å². The van der Waals surface area contributed by atoms with Gasteiger partial charge in [0.05, 0.1) is 12.2 Å². The molecular formula is C6H3Li2NO2. The minimum Gasteiger partial charge on any atom is -0.545 e. The molecule has 2 radical (unpaired) electrons. The van der Waals surface area contributed by atoms with Crippen LogP contribution >= 0.6 is 0 Å². The minimum atomic E-state index is -1.25. The largest absolute Gasteiger partial charge is 1.00 e. The molecule has 0 spiro atoms. The van der Waals surface area contributed by atoms with Gasteiger partial charge in [-0.15, -0.1) is 0 Å². The Morgan fingerprint density at radius 3 is 2.55 bits per heavy atom. The van der Waals surface area contributed by atoms with E-state index >= 15 is 0 Å². The maximum Gasteiger partial charge on any atom is 1.00 e. The van der Waals surface area contributed by atoms with Gasteiger partial charge in [-0.3, -0.25) is 4.98 Å². The van der Waals surface area contributed by atoms with Crippen LogP contribution in [0.1, 0.15) is 10.4 Å². The van der Waals surface area contributed by atoms with Crippen LogP contribution in [0.3, 0.4) is 0 Å². The van der Waals surface area contributed by atoms with E-state index in [0.717, 1.165) is 0 Å². The molecule has 0 unspecified atom stereocenters. The summed E-state index contributed by atoms with van der Waals surface area (Å²) in [6.07, 6.45) is 3.71. The third-order valence-corrected chi connectivity index (χ3v) is 0.828. The van der Waals surface area contributed by atoms with Crippen molar-refractivity contribution >= 4 is 24.8 Å². The molecule has 46 valence electrons. The van der Waals surface area contributed by atoms with Gasteiger partial charge in [-0.05, 0) is 12.1 Å². The zero-order valence-corrected chi connectivity index (χ0v) is 6.50. The van der Waals surface area contributed by atoms with Crippen molar-refractivity contribution in [3.05, 3.63) is 30.1 Å². The molecule has 0 aromatic carbocycles. The summed E-state index contributed by atoms with van der Waals surface area (Å²) in [5.74, 6) is -1.25. The van der Waals surface area contributed by atoms with Gasteiger partial charge in [0.1, 0.15) is 0 Å². The molecule has 0 aliphatic rings. The first-order valence-corrected chi connectivity index (χ1v) is 2.35. The number of carbonyl (C=O) groups is 1. The molecule has 0 fully saturated rings. The van der Waals surface area contributed by atoms with Gasteiger partial charge in [0.2, 0.25) is 0 Å². The molecule has 0 atom stereocenters. The Bertz CT molecular complexity index is 215. The van der Waals surface area contributed by atoms with Gasteiger partial charge < -0.3 is 9.90 Å². The number of aromatic carboxylic acids is 1. The third kappa shape index (κ3) is 4.29. The van der Waals surface area contributed by atoms with Gasteiger partial charge in [-0.1, -0.05) is 0 Å². The minimum absolute atomic E-state index is 0. The van der Waals surface area contributed by atoms with Crippen LogP contribution in [-0.2, 0) is 0 Å². The maximum atomic E-state index is 10.0. The van der Waals surface area contributed by atoms with Gasteiger partial charge in [-0.2, -0.15) is 0 Å². The fourth-order valence-electron chi connectivity index (χ4n) is 0.440. The van der Waals surface area contributed by atoms with E-state index in [0.29, 0.717) is 0 Å². The van der Waals surface area contributed by atoms with E-state index in [9.17, 15) is 9.90 Å². The Morgan fingerprint density at radius 1 is 1.64 bits per heavy atom. The average Bonchev–Trinajstić information content (AvgIpc) is 1.90. The molecule has 5 heteroatoms. The van der Waals surface area contributed by atoms with Gasteiger partial charge in [0.15, 0.2) is 0 Å². The number of carboxylic acids is 1. The molecule has 0 amide bonds. The smallest absolute Gasteiger partial charge is 0.545 e. The molecule has 11 heavy (non-hydrogen) atoms. The van der Waals surface area contributed by atoms with Crippen LogP contribution in [-0.4, -0.2) is 29.8 Å². The van der Waals surface area contributed by atoms with E-state index in [1.54, 1.807) is 0 Å². The fourth-order valence-corrected chi connectivity index (χ4v) is 0.440. The maximum absolute atomic E-state index is 10.0. The van der Waals surface area contributed by atoms with Crippen LogP contribution in [0, 0.1) is 6.20 Å². The molecule has 0 aliphatic carbocycles. The number of nitrogens with zero attached hydrogens (tertiary/aromatic N) is 1. The van der Waals surface area contributed by atoms with Crippen molar-refractivity contribution in [1.82, 2.24) is 4.98 Å². The SMILES string of the molecule is O=C([O-])c1[c]nccc1.[Li+].[Li]. The number of rotatable bonds is 1. The van der Waals surface area contributed by atoms with Crippen LogP contribution in [0.5, 0.6) is 0 Å². The summed E-state index contributed by atoms with van der Waals surface area (Å²) in [5, 5.41) is 10.0. The average molecular weight is 135 g/mol. The van der Waals surface area contributed by atoms with Crippen molar-refractivity contribution in [3.63, 3.8) is 0 Å². The zero-order valence-electron chi connectivity index (χ0n) is 6.50. The van der Waals surface area contributed by atoms with Crippen molar-refractivity contribution in [2.75, 3.05) is 0 Å². The van der Waals surface area contributed by atoms with E-state index in [1.807, 2.05) is 0 Å². The quantitative estimate of drug-likeness (QED) is 0.367. The van der Waals surface area contributed by atoms with E-state index in [-0.39, 0.29) is 43.3 Å². The number of hydrogen-bond donors (Lipinski definition) is 0. The van der Waals surface area contributed by atoms with Gasteiger partial charge in [-0.25, -0.2) is 0 Å². The second-order valence-electron chi connectivity index (χ2n) is 1.45. The predicted molar refractivity (Wildman–Crippen MR) is 33.2 cm³/mol. The molecular weight excluding hydrogens is 132 g/mol. The van der Waals surface area contributed by atoms with E-state index < -0.39 is 5.97 Å². The van der Waals surface area contributed by atoms with Crippen molar-refractivity contribution in [3.8, 4) is 0 Å². The van der Waals surface area contributed by atoms with Crippen LogP contribution in [0.4, 0.5) is 0 Å². The van der Waals surface area contributed by atoms with Gasteiger partial charge >= 0.3 is 18.9 Å². The van der Waals surface area contributed by atoms with E-state index in [1.165, 1.54) is 18.3 Å². The molecule has 0 saturated heterocycles. The number of hydrogen-bond acceptors (Lipinski definition) is 3. The summed E-state index contributed by atoms with van der Waals surface area (Å²) in [7, 11) is 0. The first-order valence-electron chi connectivity index (χ1n) is 2.35. The first-order chi connectivity index (χ1) is 4.30. The van der Waals surface area contributed by atoms with E-state index in [4.69, 9.17) is 0 Å². The molecule has 1 rings (SSSR count). The molecule has 1 aromatic heterocycles. The normalized spacial score (nSPS) is 7.27. The van der Waals surface area contributed by atoms with Crippen molar-refractivity contribution in [2.45, 2.75) is 0 Å². The van der Waals surface area contributed by atoms with Crippen molar-refractivity contribution < 1.29 is 28.8 Å². The Hall–Kier alpha value is -0.185. The van der Waals surface area contributed by atoms with Crippen LogP contribution < -0.4 is 24.0 Å². The van der Waals surface area contributed by atoms with Gasteiger partial charge in [0.25, 0.3) is 0 Å². The summed E-state index contributed by atoms with van der Waals surface area (Å²) >= 11 is 0. The second-order valence-corrected chi connectivity index (χ2v) is 1.45. The molecule has 0 saturated carbocycles. The Balaban J connectivity index is 0. The second kappa shape index (κ2) is 6.52. The van der Waals surface area contributed by atoms with Gasteiger partial charge in [0, 0.05) is 30.6 Å². The van der Waals surface area contributed by atoms with Crippen molar-refractivity contribution in [1.29, 1.82) is 0 Å². The molecule has 0 aliphatic heterocycles. The monoisotopic (exact) mass is 135 g/mol. The summed E-state index contributed by atoms with van der Waals surface area (Å²) in [4.78, 5) is 13.5. The van der Waals surface area contributed by atoms with Crippen LogP contribution in [0.15, 0.2) is 18.3 Å². The Labute approximate surface area is 88.6 Å². The first kappa shape index (κ1) is 13.4. The Morgan fingerprint density at radius 2 is 2.27 bits per heavy atom. The van der Waals surface area contributed by atoms with Crippen LogP contribution in [0.2, 0.25) is 0 Å². The summed E-state index contributed by atoms with van der Waals surface area (Å²) < 4.78 is 0. The summed E-state index contributed by atoms with van der Waals surface area (Å²) in [5.41, 5.74) is -0.0162. The number of carboxylic acid groups (broad SMARTS) is 1. The third-order valence-electron chi connectivity index (χ3n) is 0.828. The molecule has 1 heterocycles. The fraction of sp³-hybridized carbons (Fsp3) is 0. The number of aromatic nitrogens is 1. The van der Waals surface area contributed by atoms with Crippen molar-refractivity contribution in [2.24, 2.45) is 0 Å². The Kier molecular flexibility index (Phi) is 7.95. The number of carbonyl (C=O) groups excluding carboxylic acids is 1. The van der Waals surface area contributed by atoms with E-state index in [2.05, 4.69) is 11.2 Å². The molecule has 0 N–H and O–H groups in total. The molecule has 0 bridgehead atoms. The summed E-state index contributed by atoms with van der Waals surface area (Å²) in [6, 6.07) is 2.89. The summed E-state index contributed by atoms with van der Waals surface area (Å²) in [6.45, 7) is 0. The molecule has 3 nitrogen and oxygen atoms in total. The van der Waals surface area contributed by atoms with Crippen LogP contribution in [0.25, 0.3) is 0 Å². The predicted octanol–water partition coefficient (Wildman–Crippen LogP) is -4.13. The standard InChI is InChI=1S/C6H4NO2.2Li/c8-6(9)5-2-1-3-7-4-5;;/h1-3H,(H,8,9);;/q;;+1/p-1. The molecule has 1 aromatic rings. The number of pyridine rings is 1. The zero-order chi connectivity index (χ0) is 6.69.